The first-order valence-corrected chi connectivity index (χ1v) is 11.7. The summed E-state index contributed by atoms with van der Waals surface area (Å²) in [5.41, 5.74) is 9.37. The van der Waals surface area contributed by atoms with Crippen molar-refractivity contribution < 1.29 is 4.74 Å². The van der Waals surface area contributed by atoms with E-state index in [1.54, 1.807) is 7.11 Å². The molecule has 5 nitrogen and oxygen atoms in total. The number of benzene rings is 1. The van der Waals surface area contributed by atoms with Crippen molar-refractivity contribution in [3.8, 4) is 16.9 Å². The molecule has 1 aliphatic heterocycles. The molecule has 1 unspecified atom stereocenters. The van der Waals surface area contributed by atoms with Gasteiger partial charge in [0.1, 0.15) is 11.6 Å². The van der Waals surface area contributed by atoms with Crippen molar-refractivity contribution in [2.45, 2.75) is 72.8 Å². The third-order valence-electron chi connectivity index (χ3n) is 7.27. The highest BCUT2D eigenvalue weighted by Gasteiger charge is 2.35. The average molecular weight is 419 g/mol. The van der Waals surface area contributed by atoms with Crippen LogP contribution in [-0.2, 0) is 6.42 Å². The lowest BCUT2D eigenvalue weighted by Crippen LogP contribution is -2.42. The van der Waals surface area contributed by atoms with Gasteiger partial charge < -0.3 is 9.64 Å². The molecule has 0 spiro atoms. The molecule has 1 fully saturated rings. The predicted octanol–water partition coefficient (Wildman–Crippen LogP) is 5.58. The van der Waals surface area contributed by atoms with Crippen molar-refractivity contribution in [2.24, 2.45) is 5.92 Å². The number of nitrogens with zero attached hydrogens (tertiary/aromatic N) is 4. The van der Waals surface area contributed by atoms with Gasteiger partial charge in [-0.15, -0.1) is 0 Å². The standard InChI is InChI=1S/C26H34N4O/c1-7-20-10-11-22-17(4)27-25-24(23-15(2)12-21(31-6)13-16(23)3)18(5)28-30(25)26(22)29(20)14-19-8-9-19/h12-13,19-20H,7-11,14H2,1-6H3. The summed E-state index contributed by atoms with van der Waals surface area (Å²) < 4.78 is 7.66. The molecule has 0 radical (unpaired) electrons. The Balaban J connectivity index is 1.76. The van der Waals surface area contributed by atoms with Crippen LogP contribution in [0.25, 0.3) is 16.8 Å². The maximum Gasteiger partial charge on any atom is 0.165 e. The van der Waals surface area contributed by atoms with Gasteiger partial charge in [-0.05, 0) is 94.5 Å². The summed E-state index contributed by atoms with van der Waals surface area (Å²) >= 11 is 0. The van der Waals surface area contributed by atoms with Gasteiger partial charge in [0, 0.05) is 23.8 Å². The van der Waals surface area contributed by atoms with Gasteiger partial charge in [0.15, 0.2) is 5.65 Å². The topological polar surface area (TPSA) is 42.7 Å². The molecule has 2 aromatic heterocycles. The predicted molar refractivity (Wildman–Crippen MR) is 126 cm³/mol. The van der Waals surface area contributed by atoms with Crippen LogP contribution in [0.3, 0.4) is 0 Å². The maximum atomic E-state index is 5.50. The van der Waals surface area contributed by atoms with Crippen LogP contribution < -0.4 is 9.64 Å². The van der Waals surface area contributed by atoms with Crippen LogP contribution in [0.5, 0.6) is 5.75 Å². The first-order valence-electron chi connectivity index (χ1n) is 11.7. The molecular formula is C26H34N4O. The van der Waals surface area contributed by atoms with E-state index >= 15 is 0 Å². The molecule has 0 amide bonds. The Bertz CT molecular complexity index is 1140. The van der Waals surface area contributed by atoms with Crippen molar-refractivity contribution in [1.29, 1.82) is 0 Å². The summed E-state index contributed by atoms with van der Waals surface area (Å²) in [5.74, 6) is 3.03. The number of ether oxygens (including phenoxy) is 1. The maximum absolute atomic E-state index is 5.50. The molecule has 2 aliphatic rings. The Kier molecular flexibility index (Phi) is 4.95. The zero-order valence-electron chi connectivity index (χ0n) is 19.7. The van der Waals surface area contributed by atoms with Gasteiger partial charge in [-0.1, -0.05) is 6.92 Å². The van der Waals surface area contributed by atoms with Crippen LogP contribution in [0.4, 0.5) is 5.82 Å². The Morgan fingerprint density at radius 2 is 1.71 bits per heavy atom. The molecule has 1 saturated carbocycles. The van der Waals surface area contributed by atoms with E-state index in [9.17, 15) is 0 Å². The second-order valence-corrected chi connectivity index (χ2v) is 9.53. The molecule has 164 valence electrons. The van der Waals surface area contributed by atoms with Crippen LogP contribution in [0, 0.1) is 33.6 Å². The first kappa shape index (κ1) is 20.3. The van der Waals surface area contributed by atoms with Crippen LogP contribution >= 0.6 is 0 Å². The molecule has 0 saturated heterocycles. The number of hydrogen-bond donors (Lipinski definition) is 0. The average Bonchev–Trinajstić information content (AvgIpc) is 3.50. The zero-order valence-corrected chi connectivity index (χ0v) is 19.7. The Morgan fingerprint density at radius 1 is 1.00 bits per heavy atom. The molecule has 5 rings (SSSR count). The van der Waals surface area contributed by atoms with Gasteiger partial charge in [-0.2, -0.15) is 9.61 Å². The van der Waals surface area contributed by atoms with Gasteiger partial charge in [-0.3, -0.25) is 0 Å². The lowest BCUT2D eigenvalue weighted by Gasteiger charge is -2.39. The largest absolute Gasteiger partial charge is 0.497 e. The highest BCUT2D eigenvalue weighted by atomic mass is 16.5. The van der Waals surface area contributed by atoms with Gasteiger partial charge in [0.05, 0.1) is 18.4 Å². The van der Waals surface area contributed by atoms with Crippen LogP contribution in [0.2, 0.25) is 0 Å². The van der Waals surface area contributed by atoms with Crippen molar-refractivity contribution in [3.05, 3.63) is 40.2 Å². The molecule has 1 aliphatic carbocycles. The molecule has 1 aromatic carbocycles. The molecular weight excluding hydrogens is 384 g/mol. The third-order valence-corrected chi connectivity index (χ3v) is 7.27. The Morgan fingerprint density at radius 3 is 2.32 bits per heavy atom. The minimum absolute atomic E-state index is 0.593. The number of methoxy groups -OCH3 is 1. The quantitative estimate of drug-likeness (QED) is 0.542. The minimum Gasteiger partial charge on any atom is -0.497 e. The summed E-state index contributed by atoms with van der Waals surface area (Å²) in [4.78, 5) is 7.80. The van der Waals surface area contributed by atoms with Gasteiger partial charge in [0.2, 0.25) is 0 Å². The Hall–Kier alpha value is -2.56. The SMILES string of the molecule is CCC1CCc2c(C)nc3c(-c4c(C)cc(OC)cc4C)c(C)nn3c2N1CC1CC1. The van der Waals surface area contributed by atoms with E-state index in [1.807, 2.05) is 0 Å². The number of anilines is 1. The Labute approximate surface area is 185 Å². The highest BCUT2D eigenvalue weighted by Crippen LogP contribution is 2.41. The summed E-state index contributed by atoms with van der Waals surface area (Å²) in [5, 5.41) is 5.10. The van der Waals surface area contributed by atoms with Crippen molar-refractivity contribution in [3.63, 3.8) is 0 Å². The molecule has 0 N–H and O–H groups in total. The van der Waals surface area contributed by atoms with Crippen LogP contribution in [0.1, 0.15) is 60.7 Å². The third kappa shape index (κ3) is 3.29. The van der Waals surface area contributed by atoms with Crippen molar-refractivity contribution in [1.82, 2.24) is 14.6 Å². The van der Waals surface area contributed by atoms with Gasteiger partial charge in [0.25, 0.3) is 0 Å². The van der Waals surface area contributed by atoms with E-state index in [-0.39, 0.29) is 0 Å². The number of rotatable bonds is 5. The normalized spacial score (nSPS) is 18.5. The molecule has 5 heteroatoms. The fraction of sp³-hybridized carbons (Fsp3) is 0.538. The highest BCUT2D eigenvalue weighted by molar-refractivity contribution is 5.85. The van der Waals surface area contributed by atoms with Crippen LogP contribution in [0.15, 0.2) is 12.1 Å². The smallest absolute Gasteiger partial charge is 0.165 e. The zero-order chi connectivity index (χ0) is 21.9. The number of fused-ring (bicyclic) bond motifs is 3. The molecule has 1 atom stereocenters. The van der Waals surface area contributed by atoms with E-state index in [0.29, 0.717) is 6.04 Å². The second-order valence-electron chi connectivity index (χ2n) is 9.53. The van der Waals surface area contributed by atoms with Crippen LogP contribution in [-0.4, -0.2) is 34.3 Å². The molecule has 3 aromatic rings. The van der Waals surface area contributed by atoms with E-state index in [2.05, 4.69) is 56.2 Å². The summed E-state index contributed by atoms with van der Waals surface area (Å²) in [6.07, 6.45) is 6.22. The number of hydrogen-bond acceptors (Lipinski definition) is 4. The van der Waals surface area contributed by atoms with E-state index in [0.717, 1.165) is 47.2 Å². The van der Waals surface area contributed by atoms with E-state index in [1.165, 1.54) is 53.8 Å². The summed E-state index contributed by atoms with van der Waals surface area (Å²) in [6, 6.07) is 4.82. The van der Waals surface area contributed by atoms with Crippen molar-refractivity contribution >= 4 is 11.5 Å². The van der Waals surface area contributed by atoms with E-state index in [4.69, 9.17) is 14.8 Å². The molecule has 3 heterocycles. The van der Waals surface area contributed by atoms with Crippen molar-refractivity contribution in [2.75, 3.05) is 18.6 Å². The summed E-state index contributed by atoms with van der Waals surface area (Å²) in [6.45, 7) is 12.1. The fourth-order valence-corrected chi connectivity index (χ4v) is 5.48. The monoisotopic (exact) mass is 418 g/mol. The lowest BCUT2D eigenvalue weighted by molar-refractivity contribution is 0.414. The molecule has 0 bridgehead atoms. The number of aryl methyl sites for hydroxylation is 4. The molecule has 31 heavy (non-hydrogen) atoms. The first-order chi connectivity index (χ1) is 14.9. The second kappa shape index (κ2) is 7.54. The lowest BCUT2D eigenvalue weighted by atomic mass is 9.94. The van der Waals surface area contributed by atoms with E-state index < -0.39 is 0 Å². The fourth-order valence-electron chi connectivity index (χ4n) is 5.48. The number of aromatic nitrogens is 3. The van der Waals surface area contributed by atoms with Gasteiger partial charge in [-0.25, -0.2) is 4.98 Å². The summed E-state index contributed by atoms with van der Waals surface area (Å²) in [7, 11) is 1.73. The minimum atomic E-state index is 0.593. The van der Waals surface area contributed by atoms with Gasteiger partial charge >= 0.3 is 0 Å².